The van der Waals surface area contributed by atoms with Crippen molar-refractivity contribution in [2.45, 2.75) is 20.8 Å². The quantitative estimate of drug-likeness (QED) is 0.200. The van der Waals surface area contributed by atoms with E-state index < -0.39 is 75.1 Å². The van der Waals surface area contributed by atoms with Crippen LogP contribution in [0.25, 0.3) is 0 Å². The number of para-hydroxylation sites is 4. The van der Waals surface area contributed by atoms with Crippen LogP contribution >= 0.6 is 0 Å². The molecule has 1 saturated carbocycles. The Kier molecular flexibility index (Phi) is 6.61. The van der Waals surface area contributed by atoms with E-state index in [1.54, 1.807) is 13.8 Å². The average molecular weight is 593 g/mol. The number of nitrogens with zero attached hydrogens (tertiary/aromatic N) is 2. The highest BCUT2D eigenvalue weighted by Gasteiger charge is 2.77. The maximum absolute atomic E-state index is 14.3. The van der Waals surface area contributed by atoms with Crippen molar-refractivity contribution >= 4 is 52.3 Å². The summed E-state index contributed by atoms with van der Waals surface area (Å²) in [6, 6.07) is 11.0. The van der Waals surface area contributed by atoms with E-state index in [0.717, 1.165) is 9.80 Å². The second-order valence-corrected chi connectivity index (χ2v) is 11.3. The molecular formula is C29H28N4O10. The lowest BCUT2D eigenvalue weighted by Gasteiger charge is -2.55. The third-order valence-corrected chi connectivity index (χ3v) is 9.43. The first kappa shape index (κ1) is 28.8. The van der Waals surface area contributed by atoms with E-state index in [4.69, 9.17) is 4.74 Å². The molecule has 14 heteroatoms. The number of carbonyl (C=O) groups is 5. The van der Waals surface area contributed by atoms with E-state index in [1.807, 2.05) is 0 Å². The van der Waals surface area contributed by atoms with Gasteiger partial charge in [0.15, 0.2) is 11.4 Å². The molecule has 4 unspecified atom stereocenters. The van der Waals surface area contributed by atoms with Gasteiger partial charge in [0, 0.05) is 29.0 Å². The topological polar surface area (TPSA) is 197 Å². The first-order valence-corrected chi connectivity index (χ1v) is 13.7. The van der Waals surface area contributed by atoms with Gasteiger partial charge in [-0.05, 0) is 26.0 Å². The summed E-state index contributed by atoms with van der Waals surface area (Å²) in [4.78, 5) is 71.9. The number of quaternary nitrogens is 2. The molecule has 2 bridgehead atoms. The fourth-order valence-corrected chi connectivity index (χ4v) is 7.98. The number of carbonyl (C=O) groups excluding carboxylic acids is 5. The van der Waals surface area contributed by atoms with Gasteiger partial charge in [-0.3, -0.25) is 19.2 Å². The minimum absolute atomic E-state index is 0.0193. The number of esters is 1. The highest BCUT2D eigenvalue weighted by molar-refractivity contribution is 6.28. The lowest BCUT2D eigenvalue weighted by molar-refractivity contribution is -0.990. The molecule has 2 saturated heterocycles. The van der Waals surface area contributed by atoms with E-state index in [-0.39, 0.29) is 34.9 Å². The molecule has 2 aromatic rings. The number of amides is 4. The summed E-state index contributed by atoms with van der Waals surface area (Å²) < 4.78 is 5.34. The van der Waals surface area contributed by atoms with E-state index in [1.165, 1.54) is 55.5 Å². The number of ether oxygens (including phenoxy) is 1. The molecule has 2 aromatic carbocycles. The Morgan fingerprint density at radius 1 is 0.814 bits per heavy atom. The second kappa shape index (κ2) is 9.87. The zero-order chi connectivity index (χ0) is 31.1. The summed E-state index contributed by atoms with van der Waals surface area (Å²) >= 11 is 0. The smallest absolute Gasteiger partial charge is 0.334 e. The highest BCUT2D eigenvalue weighted by Crippen LogP contribution is 2.69. The van der Waals surface area contributed by atoms with E-state index in [0.29, 0.717) is 5.57 Å². The van der Waals surface area contributed by atoms with Crippen LogP contribution in [0.4, 0.5) is 22.7 Å². The van der Waals surface area contributed by atoms with Gasteiger partial charge in [-0.15, -0.1) is 0 Å². The second-order valence-electron chi connectivity index (χ2n) is 11.3. The monoisotopic (exact) mass is 592 g/mol. The van der Waals surface area contributed by atoms with Crippen molar-refractivity contribution in [3.63, 3.8) is 0 Å². The van der Waals surface area contributed by atoms with Crippen LogP contribution in [-0.2, 0) is 28.7 Å². The van der Waals surface area contributed by atoms with Crippen molar-refractivity contribution in [2.24, 2.45) is 35.0 Å². The summed E-state index contributed by atoms with van der Waals surface area (Å²) in [7, 11) is 0. The highest BCUT2D eigenvalue weighted by atomic mass is 16.8. The van der Waals surface area contributed by atoms with E-state index >= 15 is 0 Å². The largest absolute Gasteiger partial charge is 0.595 e. The van der Waals surface area contributed by atoms with Crippen LogP contribution in [0.1, 0.15) is 20.8 Å². The minimum Gasteiger partial charge on any atom is -0.595 e. The molecule has 0 spiro atoms. The van der Waals surface area contributed by atoms with Crippen LogP contribution in [0.15, 0.2) is 59.7 Å². The lowest BCUT2D eigenvalue weighted by atomic mass is 9.43. The normalized spacial score (nSPS) is 31.0. The van der Waals surface area contributed by atoms with Crippen LogP contribution in [0.2, 0.25) is 0 Å². The average Bonchev–Trinajstić information content (AvgIpc) is 3.39. The van der Waals surface area contributed by atoms with Crippen molar-refractivity contribution in [1.82, 2.24) is 0 Å². The fourth-order valence-electron chi connectivity index (χ4n) is 7.98. The number of allylic oxidation sites excluding steroid dienone is 1. The number of rotatable bonds is 6. The number of hydrogen-bond acceptors (Lipinski definition) is 10. The lowest BCUT2D eigenvalue weighted by Crippen LogP contribution is -2.99. The van der Waals surface area contributed by atoms with Crippen molar-refractivity contribution < 1.29 is 49.6 Å². The number of benzene rings is 2. The summed E-state index contributed by atoms with van der Waals surface area (Å²) in [5, 5.41) is 40.9. The van der Waals surface area contributed by atoms with Crippen molar-refractivity contribution in [3.05, 3.63) is 70.1 Å². The molecular weight excluding hydrogens is 564 g/mol. The van der Waals surface area contributed by atoms with Crippen molar-refractivity contribution in [1.29, 1.82) is 0 Å². The maximum atomic E-state index is 14.3. The van der Waals surface area contributed by atoms with Crippen LogP contribution in [0.5, 0.6) is 0 Å². The summed E-state index contributed by atoms with van der Waals surface area (Å²) in [6.07, 6.45) is 0. The predicted octanol–water partition coefficient (Wildman–Crippen LogP) is -0.0659. The van der Waals surface area contributed by atoms with Gasteiger partial charge in [0.25, 0.3) is 0 Å². The van der Waals surface area contributed by atoms with Gasteiger partial charge >= 0.3 is 5.97 Å². The maximum Gasteiger partial charge on any atom is 0.334 e. The zero-order valence-corrected chi connectivity index (χ0v) is 23.3. The van der Waals surface area contributed by atoms with Crippen LogP contribution in [-0.4, -0.2) is 46.6 Å². The SMILES string of the molecule is CCOC(=O)C1=C(C)C2[C@@H]3C(=O)N(c4ccccc4[NH+]([O-])O)C(=O)[C@H]3C1(C)[C@H]1C(=O)N(c3ccccc3[NH+]([O-])O)C(=O)[C@@H]21. The Bertz CT molecular complexity index is 1540. The summed E-state index contributed by atoms with van der Waals surface area (Å²) in [5.41, 5.74) is -2.27. The first-order chi connectivity index (χ1) is 20.4. The van der Waals surface area contributed by atoms with Crippen molar-refractivity contribution in [3.8, 4) is 0 Å². The molecule has 8 atom stereocenters. The molecule has 3 aliphatic carbocycles. The van der Waals surface area contributed by atoms with E-state index in [2.05, 4.69) is 0 Å². The molecule has 0 radical (unpaired) electrons. The molecule has 2 aliphatic heterocycles. The number of imide groups is 2. The number of nitrogens with one attached hydrogen (secondary N) is 2. The molecule has 5 aliphatic rings. The zero-order valence-electron chi connectivity index (χ0n) is 23.3. The Balaban J connectivity index is 1.56. The standard InChI is InChI=1S/C29H28N4O10/c1-4-43-28(38)21-13(2)18-19-22(26(36)30(24(19)34)14-9-5-7-11-16(14)32(39)40)29(21,3)23-20(18)25(35)31(27(23)37)15-10-6-8-12-17(15)33(41)42/h5-12,18-20,22-23,32-33,39,41H,4H2,1-3H3/t18?,19-,20-,22-,23+,29?/m0/s1. The van der Waals surface area contributed by atoms with Gasteiger partial charge in [-0.25, -0.2) is 25.0 Å². The van der Waals surface area contributed by atoms with Gasteiger partial charge in [0.2, 0.25) is 23.6 Å². The molecule has 7 rings (SSSR count). The Hall–Kier alpha value is -4.31. The van der Waals surface area contributed by atoms with Crippen LogP contribution < -0.4 is 20.3 Å². The molecule has 43 heavy (non-hydrogen) atoms. The molecule has 224 valence electrons. The molecule has 14 nitrogen and oxygen atoms in total. The molecule has 4 amide bonds. The number of hydrogen-bond donors (Lipinski definition) is 4. The van der Waals surface area contributed by atoms with Gasteiger partial charge in [-0.2, -0.15) is 10.5 Å². The third kappa shape index (κ3) is 3.65. The predicted molar refractivity (Wildman–Crippen MR) is 144 cm³/mol. The Labute approximate surface area is 244 Å². The Morgan fingerprint density at radius 3 is 1.63 bits per heavy atom. The molecule has 0 aromatic heterocycles. The molecule has 3 fully saturated rings. The molecule has 4 N–H and O–H groups in total. The van der Waals surface area contributed by atoms with Crippen LogP contribution in [0.3, 0.4) is 0 Å². The van der Waals surface area contributed by atoms with E-state index in [9.17, 15) is 44.8 Å². The summed E-state index contributed by atoms with van der Waals surface area (Å²) in [5.74, 6) is -9.95. The van der Waals surface area contributed by atoms with Gasteiger partial charge in [0.1, 0.15) is 11.4 Å². The van der Waals surface area contributed by atoms with Gasteiger partial charge in [0.05, 0.1) is 30.3 Å². The fraction of sp³-hybridized carbons (Fsp3) is 0.345. The van der Waals surface area contributed by atoms with Crippen molar-refractivity contribution in [2.75, 3.05) is 16.4 Å². The minimum atomic E-state index is -1.72. The van der Waals surface area contributed by atoms with Gasteiger partial charge in [-0.1, -0.05) is 36.8 Å². The first-order valence-electron chi connectivity index (χ1n) is 13.7. The number of anilines is 2. The van der Waals surface area contributed by atoms with Gasteiger partial charge < -0.3 is 15.2 Å². The summed E-state index contributed by atoms with van der Waals surface area (Å²) in [6.45, 7) is 4.63. The molecule has 2 heterocycles. The third-order valence-electron chi connectivity index (χ3n) is 9.43. The van der Waals surface area contributed by atoms with Crippen LogP contribution in [0, 0.1) is 45.4 Å². The Morgan fingerprint density at radius 2 is 1.23 bits per heavy atom.